The summed E-state index contributed by atoms with van der Waals surface area (Å²) in [4.78, 5) is 29.4. The van der Waals surface area contributed by atoms with E-state index in [1.165, 1.54) is 11.7 Å². The number of halogens is 4. The van der Waals surface area contributed by atoms with Crippen molar-refractivity contribution in [2.75, 3.05) is 17.7 Å². The van der Waals surface area contributed by atoms with Gasteiger partial charge in [0.05, 0.1) is 12.6 Å². The first kappa shape index (κ1) is 27.0. The monoisotopic (exact) mass is 523 g/mol. The number of methoxy groups -OCH3 is 1. The van der Waals surface area contributed by atoms with Crippen molar-refractivity contribution in [2.45, 2.75) is 20.0 Å². The first-order valence-corrected chi connectivity index (χ1v) is 10.4. The summed E-state index contributed by atoms with van der Waals surface area (Å²) in [5, 5.41) is 13.4. The third-order valence-electron chi connectivity index (χ3n) is 4.97. The quantitative estimate of drug-likeness (QED) is 0.316. The van der Waals surface area contributed by atoms with Gasteiger partial charge in [0.2, 0.25) is 5.95 Å². The summed E-state index contributed by atoms with van der Waals surface area (Å²) in [6.07, 6.45) is -3.41. The summed E-state index contributed by atoms with van der Waals surface area (Å²) in [5.74, 6) is -2.51. The molecule has 14 heteroatoms. The van der Waals surface area contributed by atoms with E-state index in [9.17, 15) is 22.4 Å². The summed E-state index contributed by atoms with van der Waals surface area (Å²) in [7, 11) is 3.06. The molecule has 4 aromatic rings. The fourth-order valence-corrected chi connectivity index (χ4v) is 3.06. The van der Waals surface area contributed by atoms with Gasteiger partial charge in [0, 0.05) is 36.2 Å². The van der Waals surface area contributed by atoms with Crippen LogP contribution in [0.1, 0.15) is 11.1 Å². The first-order valence-electron chi connectivity index (χ1n) is 10.4. The van der Waals surface area contributed by atoms with Crippen LogP contribution in [0.3, 0.4) is 0 Å². The van der Waals surface area contributed by atoms with Crippen molar-refractivity contribution >= 4 is 40.2 Å². The minimum atomic E-state index is -5.08. The number of carboxylic acid groups (broad SMARTS) is 1. The smallest absolute Gasteiger partial charge is 0.490 e. The van der Waals surface area contributed by atoms with E-state index in [1.54, 1.807) is 44.4 Å². The predicted octanol–water partition coefficient (Wildman–Crippen LogP) is 4.81. The van der Waals surface area contributed by atoms with Gasteiger partial charge in [0.25, 0.3) is 0 Å². The number of fused-ring (bicyclic) bond motifs is 1. The van der Waals surface area contributed by atoms with E-state index < -0.39 is 23.7 Å². The van der Waals surface area contributed by atoms with Crippen molar-refractivity contribution < 1.29 is 36.6 Å². The van der Waals surface area contributed by atoms with E-state index in [0.717, 1.165) is 11.3 Å². The van der Waals surface area contributed by atoms with E-state index in [2.05, 4.69) is 20.6 Å². The Morgan fingerprint density at radius 3 is 2.41 bits per heavy atom. The molecule has 0 bridgehead atoms. The lowest BCUT2D eigenvalue weighted by Crippen LogP contribution is -2.21. The fraction of sp³-hybridized carbons (Fsp3) is 0.217. The second-order valence-corrected chi connectivity index (χ2v) is 7.70. The van der Waals surface area contributed by atoms with Crippen LogP contribution in [0, 0.1) is 19.7 Å². The van der Waals surface area contributed by atoms with Gasteiger partial charge in [-0.1, -0.05) is 0 Å². The van der Waals surface area contributed by atoms with E-state index in [4.69, 9.17) is 19.1 Å². The van der Waals surface area contributed by atoms with E-state index in [0.29, 0.717) is 34.1 Å². The summed E-state index contributed by atoms with van der Waals surface area (Å²) in [6.45, 7) is 3.54. The SMILES string of the molecule is COc1cc(Nc2ncc(C)c(Nc3ccc4oc(=O)n(C)c4c3)n2)cc(C)c1F.O=C(O)C(F)(F)F. The molecule has 0 aliphatic heterocycles. The van der Waals surface area contributed by atoms with E-state index >= 15 is 0 Å². The molecule has 0 radical (unpaired) electrons. The number of aliphatic carboxylic acids is 1. The van der Waals surface area contributed by atoms with Gasteiger partial charge in [-0.05, 0) is 43.7 Å². The molecule has 0 fully saturated rings. The number of alkyl halides is 3. The maximum absolute atomic E-state index is 14.0. The number of benzene rings is 2. The minimum Gasteiger partial charge on any atom is -0.494 e. The van der Waals surface area contributed by atoms with Crippen LogP contribution >= 0.6 is 0 Å². The highest BCUT2D eigenvalue weighted by atomic mass is 19.4. The van der Waals surface area contributed by atoms with Crippen LogP contribution in [0.2, 0.25) is 0 Å². The number of carbonyl (C=O) groups is 1. The Morgan fingerprint density at radius 2 is 1.78 bits per heavy atom. The van der Waals surface area contributed by atoms with E-state index in [1.807, 2.05) is 13.0 Å². The van der Waals surface area contributed by atoms with Gasteiger partial charge in [-0.25, -0.2) is 19.0 Å². The number of aryl methyl sites for hydroxylation is 3. The number of carboxylic acids is 1. The van der Waals surface area contributed by atoms with Crippen LogP contribution in [-0.4, -0.2) is 38.9 Å². The van der Waals surface area contributed by atoms with Gasteiger partial charge in [0.1, 0.15) is 5.82 Å². The second kappa shape index (κ2) is 10.6. The van der Waals surface area contributed by atoms with Crippen molar-refractivity contribution in [1.82, 2.24) is 14.5 Å². The lowest BCUT2D eigenvalue weighted by atomic mass is 10.2. The Kier molecular flexibility index (Phi) is 7.70. The van der Waals surface area contributed by atoms with Crippen LogP contribution in [0.4, 0.5) is 40.7 Å². The average molecular weight is 523 g/mol. The van der Waals surface area contributed by atoms with Crippen LogP contribution in [0.15, 0.2) is 45.7 Å². The van der Waals surface area contributed by atoms with Gasteiger partial charge in [-0.15, -0.1) is 0 Å². The number of rotatable bonds is 5. The molecule has 2 aromatic carbocycles. The van der Waals surface area contributed by atoms with Gasteiger partial charge in [0.15, 0.2) is 17.1 Å². The molecule has 3 N–H and O–H groups in total. The van der Waals surface area contributed by atoms with Crippen molar-refractivity contribution in [3.63, 3.8) is 0 Å². The maximum atomic E-state index is 14.0. The molecule has 37 heavy (non-hydrogen) atoms. The highest BCUT2D eigenvalue weighted by Gasteiger charge is 2.38. The molecule has 2 aromatic heterocycles. The number of ether oxygens (including phenoxy) is 1. The molecule has 196 valence electrons. The molecule has 0 saturated carbocycles. The number of aromatic nitrogens is 3. The summed E-state index contributed by atoms with van der Waals surface area (Å²) < 4.78 is 57.4. The number of anilines is 4. The number of nitrogens with one attached hydrogen (secondary N) is 2. The molecule has 0 amide bonds. The maximum Gasteiger partial charge on any atom is 0.490 e. The molecule has 0 spiro atoms. The lowest BCUT2D eigenvalue weighted by molar-refractivity contribution is -0.192. The van der Waals surface area contributed by atoms with Gasteiger partial charge < -0.3 is 24.9 Å². The zero-order chi connectivity index (χ0) is 27.5. The largest absolute Gasteiger partial charge is 0.494 e. The van der Waals surface area contributed by atoms with E-state index in [-0.39, 0.29) is 5.75 Å². The zero-order valence-corrected chi connectivity index (χ0v) is 19.9. The van der Waals surface area contributed by atoms with Crippen molar-refractivity contribution in [2.24, 2.45) is 7.05 Å². The molecule has 0 aliphatic carbocycles. The van der Waals surface area contributed by atoms with Crippen LogP contribution < -0.4 is 21.1 Å². The highest BCUT2D eigenvalue weighted by molar-refractivity contribution is 5.79. The predicted molar refractivity (Wildman–Crippen MR) is 126 cm³/mol. The molecule has 0 atom stereocenters. The molecule has 2 heterocycles. The first-order chi connectivity index (χ1) is 17.3. The van der Waals surface area contributed by atoms with Gasteiger partial charge in [-0.2, -0.15) is 18.2 Å². The Bertz CT molecular complexity index is 1510. The topological polar surface area (TPSA) is 132 Å². The number of oxazole rings is 1. The standard InChI is InChI=1S/C21H20FN5O3.C2HF3O2/c1-11-7-14(9-17(29-4)18(11)22)25-20-23-10-12(2)19(26-20)24-13-5-6-16-15(8-13)27(3)21(28)30-16;3-2(4,5)1(6)7/h5-10H,1-4H3,(H2,23,24,25,26);(H,6,7). The zero-order valence-electron chi connectivity index (χ0n) is 19.9. The Hall–Kier alpha value is -4.62. The number of nitrogens with zero attached hydrogens (tertiary/aromatic N) is 3. The third kappa shape index (κ3) is 6.34. The van der Waals surface area contributed by atoms with Crippen LogP contribution in [-0.2, 0) is 11.8 Å². The molecule has 0 saturated heterocycles. The molecular formula is C23H21F4N5O5. The van der Waals surface area contributed by atoms with Crippen molar-refractivity contribution in [1.29, 1.82) is 0 Å². The second-order valence-electron chi connectivity index (χ2n) is 7.70. The number of hydrogen-bond acceptors (Lipinski definition) is 8. The Labute approximate surface area is 206 Å². The number of hydrogen-bond donors (Lipinski definition) is 3. The molecule has 10 nitrogen and oxygen atoms in total. The minimum absolute atomic E-state index is 0.141. The van der Waals surface area contributed by atoms with Crippen LogP contribution in [0.25, 0.3) is 11.1 Å². The molecular weight excluding hydrogens is 502 g/mol. The molecule has 4 rings (SSSR count). The Balaban J connectivity index is 0.000000479. The van der Waals surface area contributed by atoms with Crippen molar-refractivity contribution in [3.05, 3.63) is 64.0 Å². The van der Waals surface area contributed by atoms with Crippen molar-refractivity contribution in [3.8, 4) is 5.75 Å². The van der Waals surface area contributed by atoms with Gasteiger partial charge >= 0.3 is 17.9 Å². The summed E-state index contributed by atoms with van der Waals surface area (Å²) in [5.41, 5.74) is 3.80. The Morgan fingerprint density at radius 1 is 1.11 bits per heavy atom. The normalized spacial score (nSPS) is 11.0. The third-order valence-corrected chi connectivity index (χ3v) is 4.97. The fourth-order valence-electron chi connectivity index (χ4n) is 3.06. The summed E-state index contributed by atoms with van der Waals surface area (Å²) in [6, 6.07) is 8.53. The van der Waals surface area contributed by atoms with Gasteiger partial charge in [-0.3, -0.25) is 4.57 Å². The molecule has 0 unspecified atom stereocenters. The highest BCUT2D eigenvalue weighted by Crippen LogP contribution is 2.28. The summed E-state index contributed by atoms with van der Waals surface area (Å²) >= 11 is 0. The average Bonchev–Trinajstić information content (AvgIpc) is 3.11. The molecule has 0 aliphatic rings. The van der Waals surface area contributed by atoms with Crippen LogP contribution in [0.5, 0.6) is 5.75 Å². The lowest BCUT2D eigenvalue weighted by Gasteiger charge is -2.13.